The van der Waals surface area contributed by atoms with Crippen LogP contribution in [0.1, 0.15) is 36.1 Å². The first-order valence-electron chi connectivity index (χ1n) is 5.92. The van der Waals surface area contributed by atoms with E-state index in [1.54, 1.807) is 21.8 Å². The first kappa shape index (κ1) is 13.9. The van der Waals surface area contributed by atoms with E-state index in [0.29, 0.717) is 23.3 Å². The highest BCUT2D eigenvalue weighted by Crippen LogP contribution is 2.21. The molecule has 0 aromatic carbocycles. The number of nitrogens with two attached hydrogens (primary N) is 1. The monoisotopic (exact) mass is 326 g/mol. The first-order chi connectivity index (χ1) is 9.04. The fourth-order valence-corrected chi connectivity index (χ4v) is 2.16. The molecule has 0 aliphatic heterocycles. The van der Waals surface area contributed by atoms with Gasteiger partial charge in [-0.1, -0.05) is 5.21 Å². The summed E-state index contributed by atoms with van der Waals surface area (Å²) in [6, 6.07) is 0.0873. The Labute approximate surface area is 118 Å². The van der Waals surface area contributed by atoms with Crippen LogP contribution >= 0.6 is 15.9 Å². The molecule has 0 unspecified atom stereocenters. The van der Waals surface area contributed by atoms with Crippen molar-refractivity contribution in [2.75, 3.05) is 6.54 Å². The lowest BCUT2D eigenvalue weighted by Gasteiger charge is -2.09. The topological polar surface area (TPSA) is 91.6 Å². The number of rotatable bonds is 5. The quantitative estimate of drug-likeness (QED) is 0.828. The molecule has 0 aliphatic rings. The summed E-state index contributed by atoms with van der Waals surface area (Å²) in [5.41, 5.74) is 6.20. The minimum atomic E-state index is -0.207. The Kier molecular flexibility index (Phi) is 4.11. The summed E-state index contributed by atoms with van der Waals surface area (Å²) in [6.07, 6.45) is 3.21. The summed E-state index contributed by atoms with van der Waals surface area (Å²) in [6.45, 7) is 4.90. The van der Waals surface area contributed by atoms with Gasteiger partial charge in [-0.15, -0.1) is 5.10 Å². The van der Waals surface area contributed by atoms with Crippen molar-refractivity contribution in [3.05, 3.63) is 28.3 Å². The standard InChI is InChI=1S/C11H15BrN6O/c1-7(2)18-10(8(12)5-14-18)11(19)9-6-17(4-3-13)16-15-9/h5-7H,3-4,13H2,1-2H3. The lowest BCUT2D eigenvalue weighted by molar-refractivity contribution is 0.102. The predicted molar refractivity (Wildman–Crippen MR) is 72.8 cm³/mol. The van der Waals surface area contributed by atoms with Crippen LogP contribution in [-0.2, 0) is 6.54 Å². The number of carbonyl (C=O) groups excluding carboxylic acids is 1. The van der Waals surface area contributed by atoms with Gasteiger partial charge < -0.3 is 5.73 Å². The molecule has 2 N–H and O–H groups in total. The lowest BCUT2D eigenvalue weighted by Crippen LogP contribution is -2.14. The third-order valence-electron chi connectivity index (χ3n) is 2.58. The Morgan fingerprint density at radius 3 is 2.89 bits per heavy atom. The van der Waals surface area contributed by atoms with E-state index in [-0.39, 0.29) is 17.5 Å². The molecule has 0 radical (unpaired) electrons. The van der Waals surface area contributed by atoms with E-state index in [1.165, 1.54) is 0 Å². The van der Waals surface area contributed by atoms with E-state index >= 15 is 0 Å². The summed E-state index contributed by atoms with van der Waals surface area (Å²) in [4.78, 5) is 12.4. The zero-order valence-electron chi connectivity index (χ0n) is 10.7. The fourth-order valence-electron chi connectivity index (χ4n) is 1.71. The number of ketones is 1. The molecule has 0 aliphatic carbocycles. The maximum atomic E-state index is 12.4. The molecule has 102 valence electrons. The second-order valence-corrected chi connectivity index (χ2v) is 5.22. The van der Waals surface area contributed by atoms with Gasteiger partial charge in [0.15, 0.2) is 5.69 Å². The van der Waals surface area contributed by atoms with Gasteiger partial charge in [-0.25, -0.2) is 0 Å². The molecule has 0 amide bonds. The molecule has 0 bridgehead atoms. The fraction of sp³-hybridized carbons (Fsp3) is 0.455. The van der Waals surface area contributed by atoms with E-state index in [4.69, 9.17) is 5.73 Å². The van der Waals surface area contributed by atoms with Gasteiger partial charge in [0, 0.05) is 12.6 Å². The third-order valence-corrected chi connectivity index (χ3v) is 3.16. The normalized spacial score (nSPS) is 11.2. The molecule has 2 rings (SSSR count). The largest absolute Gasteiger partial charge is 0.329 e. The molecule has 2 aromatic heterocycles. The van der Waals surface area contributed by atoms with Crippen molar-refractivity contribution < 1.29 is 4.79 Å². The number of hydrogen-bond donors (Lipinski definition) is 1. The SMILES string of the molecule is CC(C)n1ncc(Br)c1C(=O)c1cn(CCN)nn1. The molecule has 0 atom stereocenters. The Morgan fingerprint density at radius 1 is 1.53 bits per heavy atom. The van der Waals surface area contributed by atoms with E-state index < -0.39 is 0 Å². The van der Waals surface area contributed by atoms with Crippen molar-refractivity contribution in [2.24, 2.45) is 5.73 Å². The second kappa shape index (κ2) is 5.62. The molecule has 0 fully saturated rings. The highest BCUT2D eigenvalue weighted by atomic mass is 79.9. The molecule has 0 saturated heterocycles. The predicted octanol–water partition coefficient (Wildman–Crippen LogP) is 1.01. The molecule has 0 saturated carbocycles. The van der Waals surface area contributed by atoms with E-state index in [1.807, 2.05) is 13.8 Å². The van der Waals surface area contributed by atoms with Crippen molar-refractivity contribution in [1.29, 1.82) is 0 Å². The van der Waals surface area contributed by atoms with Crippen molar-refractivity contribution in [3.63, 3.8) is 0 Å². The second-order valence-electron chi connectivity index (χ2n) is 4.36. The van der Waals surface area contributed by atoms with Crippen molar-refractivity contribution in [3.8, 4) is 0 Å². The van der Waals surface area contributed by atoms with Crippen LogP contribution in [-0.4, -0.2) is 37.1 Å². The number of hydrogen-bond acceptors (Lipinski definition) is 5. The molecule has 19 heavy (non-hydrogen) atoms. The number of carbonyl (C=O) groups is 1. The van der Waals surface area contributed by atoms with Gasteiger partial charge in [0.05, 0.1) is 23.4 Å². The maximum absolute atomic E-state index is 12.4. The summed E-state index contributed by atoms with van der Waals surface area (Å²) >= 11 is 3.34. The van der Waals surface area contributed by atoms with Crippen LogP contribution in [0.2, 0.25) is 0 Å². The van der Waals surface area contributed by atoms with Gasteiger partial charge in [-0.3, -0.25) is 14.2 Å². The first-order valence-corrected chi connectivity index (χ1v) is 6.71. The van der Waals surface area contributed by atoms with Crippen LogP contribution in [0.3, 0.4) is 0 Å². The maximum Gasteiger partial charge on any atom is 0.234 e. The summed E-state index contributed by atoms with van der Waals surface area (Å²) in [5.74, 6) is -0.207. The molecule has 0 spiro atoms. The molecule has 2 heterocycles. The van der Waals surface area contributed by atoms with Gasteiger partial charge in [-0.05, 0) is 29.8 Å². The van der Waals surface area contributed by atoms with Crippen molar-refractivity contribution in [1.82, 2.24) is 24.8 Å². The van der Waals surface area contributed by atoms with E-state index in [9.17, 15) is 4.79 Å². The molecule has 2 aromatic rings. The Bertz CT molecular complexity index is 588. The van der Waals surface area contributed by atoms with Crippen LogP contribution in [0, 0.1) is 0 Å². The highest BCUT2D eigenvalue weighted by molar-refractivity contribution is 9.10. The van der Waals surface area contributed by atoms with Gasteiger partial charge >= 0.3 is 0 Å². The Morgan fingerprint density at radius 2 is 2.26 bits per heavy atom. The number of halogens is 1. The van der Waals surface area contributed by atoms with Crippen LogP contribution in [0.4, 0.5) is 0 Å². The molecule has 7 nitrogen and oxygen atoms in total. The van der Waals surface area contributed by atoms with Gasteiger partial charge in [0.2, 0.25) is 5.78 Å². The zero-order chi connectivity index (χ0) is 14.0. The van der Waals surface area contributed by atoms with Crippen LogP contribution in [0.15, 0.2) is 16.9 Å². The summed E-state index contributed by atoms with van der Waals surface area (Å²) in [7, 11) is 0. The van der Waals surface area contributed by atoms with Gasteiger partial charge in [-0.2, -0.15) is 5.10 Å². The number of nitrogens with zero attached hydrogens (tertiary/aromatic N) is 5. The lowest BCUT2D eigenvalue weighted by atomic mass is 10.2. The van der Waals surface area contributed by atoms with Crippen molar-refractivity contribution >= 4 is 21.7 Å². The third kappa shape index (κ3) is 2.74. The van der Waals surface area contributed by atoms with Crippen LogP contribution in [0.25, 0.3) is 0 Å². The average Bonchev–Trinajstić information content (AvgIpc) is 2.95. The Balaban J connectivity index is 2.35. The summed E-state index contributed by atoms with van der Waals surface area (Å²) in [5, 5.41) is 11.9. The minimum absolute atomic E-state index is 0.0873. The summed E-state index contributed by atoms with van der Waals surface area (Å²) < 4.78 is 3.87. The van der Waals surface area contributed by atoms with Crippen LogP contribution < -0.4 is 5.73 Å². The van der Waals surface area contributed by atoms with Gasteiger partial charge in [0.25, 0.3) is 0 Å². The molecule has 8 heteroatoms. The van der Waals surface area contributed by atoms with Gasteiger partial charge in [0.1, 0.15) is 5.69 Å². The molecular weight excluding hydrogens is 312 g/mol. The Hall–Kier alpha value is -1.54. The van der Waals surface area contributed by atoms with Crippen molar-refractivity contribution in [2.45, 2.75) is 26.4 Å². The highest BCUT2D eigenvalue weighted by Gasteiger charge is 2.22. The van der Waals surface area contributed by atoms with E-state index in [0.717, 1.165) is 0 Å². The molecular formula is C11H15BrN6O. The smallest absolute Gasteiger partial charge is 0.234 e. The minimum Gasteiger partial charge on any atom is -0.329 e. The van der Waals surface area contributed by atoms with Crippen LogP contribution in [0.5, 0.6) is 0 Å². The van der Waals surface area contributed by atoms with E-state index in [2.05, 4.69) is 31.3 Å². The zero-order valence-corrected chi connectivity index (χ0v) is 12.3. The number of aromatic nitrogens is 5. The average molecular weight is 327 g/mol.